The van der Waals surface area contributed by atoms with E-state index in [9.17, 15) is 9.90 Å². The van der Waals surface area contributed by atoms with Crippen molar-refractivity contribution in [3.8, 4) is 0 Å². The fraction of sp³-hybridized carbons (Fsp3) is 0.154. The second-order valence-corrected chi connectivity index (χ2v) is 4.27. The third kappa shape index (κ3) is 3.74. The summed E-state index contributed by atoms with van der Waals surface area (Å²) >= 11 is 5.58. The summed E-state index contributed by atoms with van der Waals surface area (Å²) in [6.45, 7) is 0.104. The van der Waals surface area contributed by atoms with Gasteiger partial charge in [0.1, 0.15) is 0 Å². The lowest BCUT2D eigenvalue weighted by atomic mass is 10.1. The predicted molar refractivity (Wildman–Crippen MR) is 70.8 cm³/mol. The van der Waals surface area contributed by atoms with Crippen LogP contribution in [-0.2, 0) is 0 Å². The highest BCUT2D eigenvalue weighted by molar-refractivity contribution is 6.29. The third-order valence-electron chi connectivity index (χ3n) is 2.50. The highest BCUT2D eigenvalue weighted by atomic mass is 35.5. The summed E-state index contributed by atoms with van der Waals surface area (Å²) in [6, 6.07) is 12.0. The van der Waals surface area contributed by atoms with Crippen LogP contribution in [0.3, 0.4) is 0 Å². The number of nitrogens with one attached hydrogen (secondary N) is 1. The molecule has 1 aromatic heterocycles. The van der Waals surface area contributed by atoms with Gasteiger partial charge in [-0.1, -0.05) is 41.9 Å². The zero-order chi connectivity index (χ0) is 13.7. The van der Waals surface area contributed by atoms with Crippen LogP contribution in [0.1, 0.15) is 22.2 Å². The molecule has 0 aliphatic rings. The number of hydrogen-bond acceptors (Lipinski definition) is 4. The lowest BCUT2D eigenvalue weighted by Crippen LogP contribution is -2.29. The van der Waals surface area contributed by atoms with Crippen LogP contribution >= 0.6 is 11.6 Å². The average Bonchev–Trinajstić information content (AvgIpc) is 2.46. The van der Waals surface area contributed by atoms with Gasteiger partial charge in [-0.25, -0.2) is 0 Å². The van der Waals surface area contributed by atoms with E-state index in [-0.39, 0.29) is 17.4 Å². The minimum Gasteiger partial charge on any atom is -0.387 e. The van der Waals surface area contributed by atoms with Crippen LogP contribution in [0, 0.1) is 0 Å². The number of halogens is 1. The smallest absolute Gasteiger partial charge is 0.271 e. The van der Waals surface area contributed by atoms with Gasteiger partial charge in [-0.3, -0.25) is 4.79 Å². The van der Waals surface area contributed by atoms with E-state index in [0.717, 1.165) is 5.56 Å². The largest absolute Gasteiger partial charge is 0.387 e. The Kier molecular flexibility index (Phi) is 4.43. The zero-order valence-corrected chi connectivity index (χ0v) is 10.7. The SMILES string of the molecule is O=C(NC[C@@H](O)c1ccccc1)c1ccc(Cl)nn1. The number of aliphatic hydroxyl groups excluding tert-OH is 1. The van der Waals surface area contributed by atoms with Gasteiger partial charge in [0, 0.05) is 6.54 Å². The molecule has 0 aliphatic heterocycles. The van der Waals surface area contributed by atoms with Gasteiger partial charge in [0.05, 0.1) is 6.10 Å². The maximum absolute atomic E-state index is 11.7. The van der Waals surface area contributed by atoms with Gasteiger partial charge in [0.25, 0.3) is 5.91 Å². The molecule has 2 N–H and O–H groups in total. The topological polar surface area (TPSA) is 75.1 Å². The van der Waals surface area contributed by atoms with Crippen molar-refractivity contribution >= 4 is 17.5 Å². The molecule has 1 aromatic carbocycles. The number of carbonyl (C=O) groups is 1. The molecule has 0 saturated carbocycles. The molecule has 19 heavy (non-hydrogen) atoms. The van der Waals surface area contributed by atoms with Crippen LogP contribution in [0.25, 0.3) is 0 Å². The normalized spacial score (nSPS) is 11.9. The van der Waals surface area contributed by atoms with Gasteiger partial charge < -0.3 is 10.4 Å². The van der Waals surface area contributed by atoms with Crippen LogP contribution < -0.4 is 5.32 Å². The highest BCUT2D eigenvalue weighted by Crippen LogP contribution is 2.10. The van der Waals surface area contributed by atoms with Crippen molar-refractivity contribution in [1.29, 1.82) is 0 Å². The van der Waals surface area contributed by atoms with E-state index in [0.29, 0.717) is 0 Å². The molecule has 0 bridgehead atoms. The molecule has 2 aromatic rings. The van der Waals surface area contributed by atoms with Crippen molar-refractivity contribution in [3.05, 3.63) is 58.9 Å². The minimum absolute atomic E-state index is 0.104. The third-order valence-corrected chi connectivity index (χ3v) is 2.71. The van der Waals surface area contributed by atoms with E-state index in [1.165, 1.54) is 12.1 Å². The van der Waals surface area contributed by atoms with Crippen molar-refractivity contribution in [1.82, 2.24) is 15.5 Å². The summed E-state index contributed by atoms with van der Waals surface area (Å²) < 4.78 is 0. The molecule has 1 heterocycles. The summed E-state index contributed by atoms with van der Waals surface area (Å²) in [4.78, 5) is 11.7. The summed E-state index contributed by atoms with van der Waals surface area (Å²) in [7, 11) is 0. The Hall–Kier alpha value is -1.98. The van der Waals surface area contributed by atoms with Crippen LogP contribution in [0.5, 0.6) is 0 Å². The standard InChI is InChI=1S/C13H12ClN3O2/c14-12-7-6-10(16-17-12)13(19)15-8-11(18)9-4-2-1-3-5-9/h1-7,11,18H,8H2,(H,15,19)/t11-/m1/s1. The van der Waals surface area contributed by atoms with Gasteiger partial charge >= 0.3 is 0 Å². The maximum Gasteiger partial charge on any atom is 0.271 e. The summed E-state index contributed by atoms with van der Waals surface area (Å²) in [6.07, 6.45) is -0.759. The van der Waals surface area contributed by atoms with E-state index in [1.807, 2.05) is 18.2 Å². The number of carbonyl (C=O) groups excluding carboxylic acids is 1. The van der Waals surface area contributed by atoms with Gasteiger partial charge in [0.2, 0.25) is 0 Å². The Morgan fingerprint density at radius 1 is 1.21 bits per heavy atom. The first-order valence-electron chi connectivity index (χ1n) is 5.67. The Balaban J connectivity index is 1.92. The summed E-state index contributed by atoms with van der Waals surface area (Å²) in [5.41, 5.74) is 0.898. The minimum atomic E-state index is -0.759. The van der Waals surface area contributed by atoms with E-state index in [4.69, 9.17) is 11.6 Å². The number of aliphatic hydroxyl groups is 1. The Morgan fingerprint density at radius 3 is 2.58 bits per heavy atom. The molecule has 1 atom stereocenters. The van der Waals surface area contributed by atoms with Crippen molar-refractivity contribution in [2.75, 3.05) is 6.54 Å². The molecule has 0 aliphatic carbocycles. The first kappa shape index (κ1) is 13.5. The van der Waals surface area contributed by atoms with Gasteiger partial charge in [0.15, 0.2) is 10.8 Å². The molecule has 0 spiro atoms. The van der Waals surface area contributed by atoms with Gasteiger partial charge in [-0.05, 0) is 17.7 Å². The molecule has 1 amide bonds. The predicted octanol–water partition coefficient (Wildman–Crippen LogP) is 1.59. The molecule has 5 nitrogen and oxygen atoms in total. The molecular weight excluding hydrogens is 266 g/mol. The second kappa shape index (κ2) is 6.26. The van der Waals surface area contributed by atoms with Crippen molar-refractivity contribution in [2.24, 2.45) is 0 Å². The number of rotatable bonds is 4. The Morgan fingerprint density at radius 2 is 1.95 bits per heavy atom. The molecule has 0 fully saturated rings. The monoisotopic (exact) mass is 277 g/mol. The van der Waals surface area contributed by atoms with Crippen molar-refractivity contribution < 1.29 is 9.90 Å². The van der Waals surface area contributed by atoms with E-state index < -0.39 is 12.0 Å². The van der Waals surface area contributed by atoms with Gasteiger partial charge in [-0.15, -0.1) is 10.2 Å². The quantitative estimate of drug-likeness (QED) is 0.890. The van der Waals surface area contributed by atoms with E-state index in [2.05, 4.69) is 15.5 Å². The van der Waals surface area contributed by atoms with Crippen LogP contribution in [0.15, 0.2) is 42.5 Å². The van der Waals surface area contributed by atoms with Crippen molar-refractivity contribution in [3.63, 3.8) is 0 Å². The van der Waals surface area contributed by atoms with Crippen LogP contribution in [-0.4, -0.2) is 27.8 Å². The van der Waals surface area contributed by atoms with Gasteiger partial charge in [-0.2, -0.15) is 0 Å². The molecular formula is C13H12ClN3O2. The van der Waals surface area contributed by atoms with Crippen LogP contribution in [0.4, 0.5) is 0 Å². The number of aromatic nitrogens is 2. The van der Waals surface area contributed by atoms with Crippen molar-refractivity contribution in [2.45, 2.75) is 6.10 Å². The molecule has 6 heteroatoms. The fourth-order valence-corrected chi connectivity index (χ4v) is 1.61. The average molecular weight is 278 g/mol. The maximum atomic E-state index is 11.7. The number of benzene rings is 1. The fourth-order valence-electron chi connectivity index (χ4n) is 1.51. The Labute approximate surface area is 115 Å². The highest BCUT2D eigenvalue weighted by Gasteiger charge is 2.11. The zero-order valence-electron chi connectivity index (χ0n) is 9.95. The molecule has 0 unspecified atom stereocenters. The summed E-state index contributed by atoms with van der Waals surface area (Å²) in [5, 5.41) is 19.9. The molecule has 2 rings (SSSR count). The molecule has 0 radical (unpaired) electrons. The second-order valence-electron chi connectivity index (χ2n) is 3.88. The Bertz CT molecular complexity index is 546. The van der Waals surface area contributed by atoms with E-state index >= 15 is 0 Å². The summed E-state index contributed by atoms with van der Waals surface area (Å²) in [5.74, 6) is -0.404. The van der Waals surface area contributed by atoms with Crippen LogP contribution in [0.2, 0.25) is 5.15 Å². The first-order valence-corrected chi connectivity index (χ1v) is 6.05. The number of hydrogen-bond donors (Lipinski definition) is 2. The lowest BCUT2D eigenvalue weighted by Gasteiger charge is -2.11. The lowest BCUT2D eigenvalue weighted by molar-refractivity contribution is 0.0910. The first-order chi connectivity index (χ1) is 9.16. The number of amides is 1. The molecule has 0 saturated heterocycles. The van der Waals surface area contributed by atoms with E-state index in [1.54, 1.807) is 12.1 Å². The number of nitrogens with zero attached hydrogens (tertiary/aromatic N) is 2. The molecule has 98 valence electrons.